The maximum absolute atomic E-state index is 12.7. The molecule has 1 aliphatic heterocycles. The summed E-state index contributed by atoms with van der Waals surface area (Å²) < 4.78 is 5.24. The van der Waals surface area contributed by atoms with E-state index in [-0.39, 0.29) is 5.91 Å². The van der Waals surface area contributed by atoms with Crippen LogP contribution in [0.1, 0.15) is 55.3 Å². The Balaban J connectivity index is 1.57. The fourth-order valence-corrected chi connectivity index (χ4v) is 3.87. The highest BCUT2D eigenvalue weighted by Gasteiger charge is 2.24. The van der Waals surface area contributed by atoms with Crippen LogP contribution in [0.2, 0.25) is 0 Å². The molecule has 0 radical (unpaired) electrons. The van der Waals surface area contributed by atoms with E-state index in [9.17, 15) is 4.79 Å². The average Bonchev–Trinajstić information content (AvgIpc) is 2.63. The highest BCUT2D eigenvalue weighted by molar-refractivity contribution is 5.94. The molecule has 1 saturated heterocycles. The first-order chi connectivity index (χ1) is 11.8. The number of nitrogens with zero attached hydrogens (tertiary/aromatic N) is 2. The van der Waals surface area contributed by atoms with Crippen LogP contribution in [0.5, 0.6) is 0 Å². The van der Waals surface area contributed by atoms with Gasteiger partial charge in [0, 0.05) is 32.4 Å². The van der Waals surface area contributed by atoms with Crippen LogP contribution in [0.3, 0.4) is 0 Å². The van der Waals surface area contributed by atoms with Crippen molar-refractivity contribution in [3.63, 3.8) is 0 Å². The van der Waals surface area contributed by atoms with Crippen molar-refractivity contribution in [2.24, 2.45) is 5.92 Å². The van der Waals surface area contributed by atoms with Crippen molar-refractivity contribution in [1.82, 2.24) is 9.88 Å². The summed E-state index contributed by atoms with van der Waals surface area (Å²) in [6.45, 7) is 2.35. The number of methoxy groups -OCH3 is 1. The minimum absolute atomic E-state index is 0.0903. The lowest BCUT2D eigenvalue weighted by Crippen LogP contribution is -2.41. The first-order valence-corrected chi connectivity index (χ1v) is 9.27. The summed E-state index contributed by atoms with van der Waals surface area (Å²) in [6.07, 6.45) is 10.3. The third kappa shape index (κ3) is 4.47. The van der Waals surface area contributed by atoms with Crippen LogP contribution in [0, 0.1) is 5.92 Å². The van der Waals surface area contributed by atoms with Crippen LogP contribution in [-0.2, 0) is 4.74 Å². The number of likely N-dealkylation sites (tertiary alicyclic amines) is 1. The van der Waals surface area contributed by atoms with E-state index in [2.05, 4.69) is 10.3 Å². The van der Waals surface area contributed by atoms with Crippen LogP contribution in [0.25, 0.3) is 0 Å². The molecule has 24 heavy (non-hydrogen) atoms. The van der Waals surface area contributed by atoms with E-state index >= 15 is 0 Å². The first-order valence-electron chi connectivity index (χ1n) is 9.27. The molecular weight excluding hydrogens is 302 g/mol. The van der Waals surface area contributed by atoms with Crippen molar-refractivity contribution < 1.29 is 9.53 Å². The molecule has 1 atom stereocenters. The summed E-state index contributed by atoms with van der Waals surface area (Å²) in [5.74, 6) is 1.43. The Bertz CT molecular complexity index is 524. The second kappa shape index (κ2) is 8.47. The van der Waals surface area contributed by atoms with E-state index in [0.717, 1.165) is 38.4 Å². The molecule has 2 heterocycles. The van der Waals surface area contributed by atoms with Gasteiger partial charge in [-0.05, 0) is 43.7 Å². The molecule has 1 aromatic heterocycles. The van der Waals surface area contributed by atoms with Crippen LogP contribution in [0.15, 0.2) is 18.3 Å². The molecule has 2 aliphatic rings. The molecular formula is C19H29N3O2. The van der Waals surface area contributed by atoms with Crippen molar-refractivity contribution in [3.8, 4) is 0 Å². The summed E-state index contributed by atoms with van der Waals surface area (Å²) in [6, 6.07) is 4.38. The van der Waals surface area contributed by atoms with Gasteiger partial charge in [-0.3, -0.25) is 4.79 Å². The number of amides is 1. The second-order valence-electron chi connectivity index (χ2n) is 7.13. The quantitative estimate of drug-likeness (QED) is 0.899. The maximum Gasteiger partial charge on any atom is 0.255 e. The molecule has 1 saturated carbocycles. The van der Waals surface area contributed by atoms with Crippen molar-refractivity contribution >= 4 is 11.7 Å². The topological polar surface area (TPSA) is 54.5 Å². The normalized spacial score (nSPS) is 22.4. The smallest absolute Gasteiger partial charge is 0.255 e. The minimum Gasteiger partial charge on any atom is -0.384 e. The van der Waals surface area contributed by atoms with Crippen molar-refractivity contribution in [3.05, 3.63) is 23.9 Å². The number of nitrogens with one attached hydrogen (secondary N) is 1. The zero-order valence-corrected chi connectivity index (χ0v) is 14.7. The largest absolute Gasteiger partial charge is 0.384 e. The standard InChI is InChI=1S/C19H29N3O2/c1-24-14-15-6-5-11-22(13-15)19(23)16-9-10-18(20-12-16)21-17-7-3-2-4-8-17/h9-10,12,15,17H,2-8,11,13-14H2,1H3,(H,20,21)/t15-/m1/s1. The van der Waals surface area contributed by atoms with E-state index in [1.165, 1.54) is 32.1 Å². The Labute approximate surface area is 144 Å². The van der Waals surface area contributed by atoms with E-state index in [4.69, 9.17) is 4.74 Å². The predicted molar refractivity (Wildman–Crippen MR) is 95.2 cm³/mol. The lowest BCUT2D eigenvalue weighted by atomic mass is 9.95. The molecule has 3 rings (SSSR count). The lowest BCUT2D eigenvalue weighted by Gasteiger charge is -2.32. The van der Waals surface area contributed by atoms with Gasteiger partial charge < -0.3 is 15.0 Å². The molecule has 1 amide bonds. The van der Waals surface area contributed by atoms with Gasteiger partial charge >= 0.3 is 0 Å². The third-order valence-electron chi connectivity index (χ3n) is 5.18. The number of aromatic nitrogens is 1. The van der Waals surface area contributed by atoms with Gasteiger partial charge in [-0.15, -0.1) is 0 Å². The summed E-state index contributed by atoms with van der Waals surface area (Å²) in [7, 11) is 1.72. The van der Waals surface area contributed by atoms with Gasteiger partial charge in [-0.2, -0.15) is 0 Å². The van der Waals surface area contributed by atoms with E-state index in [0.29, 0.717) is 17.5 Å². The average molecular weight is 331 g/mol. The molecule has 0 unspecified atom stereocenters. The number of anilines is 1. The van der Waals surface area contributed by atoms with Crippen LogP contribution >= 0.6 is 0 Å². The number of piperidine rings is 1. The number of carbonyl (C=O) groups is 1. The Hall–Kier alpha value is -1.62. The molecule has 1 aromatic rings. The molecule has 132 valence electrons. The van der Waals surface area contributed by atoms with Gasteiger partial charge in [0.05, 0.1) is 12.2 Å². The molecule has 2 fully saturated rings. The van der Waals surface area contributed by atoms with Crippen LogP contribution in [-0.4, -0.2) is 48.6 Å². The fraction of sp³-hybridized carbons (Fsp3) is 0.684. The van der Waals surface area contributed by atoms with Gasteiger partial charge in [0.2, 0.25) is 0 Å². The zero-order chi connectivity index (χ0) is 16.8. The van der Waals surface area contributed by atoms with Crippen molar-refractivity contribution in [2.45, 2.75) is 51.0 Å². The maximum atomic E-state index is 12.7. The summed E-state index contributed by atoms with van der Waals surface area (Å²) in [5.41, 5.74) is 0.683. The molecule has 0 aromatic carbocycles. The van der Waals surface area contributed by atoms with Crippen LogP contribution < -0.4 is 5.32 Å². The summed E-state index contributed by atoms with van der Waals surface area (Å²) in [4.78, 5) is 19.1. The van der Waals surface area contributed by atoms with E-state index in [1.807, 2.05) is 17.0 Å². The van der Waals surface area contributed by atoms with Gasteiger partial charge in [-0.1, -0.05) is 19.3 Å². The predicted octanol–water partition coefficient (Wildman–Crippen LogP) is 3.32. The zero-order valence-electron chi connectivity index (χ0n) is 14.7. The Morgan fingerprint density at radius 1 is 1.25 bits per heavy atom. The van der Waals surface area contributed by atoms with Gasteiger partial charge in [0.1, 0.15) is 5.82 Å². The highest BCUT2D eigenvalue weighted by atomic mass is 16.5. The number of carbonyl (C=O) groups excluding carboxylic acids is 1. The van der Waals surface area contributed by atoms with Crippen LogP contribution in [0.4, 0.5) is 5.82 Å². The summed E-state index contributed by atoms with van der Waals surface area (Å²) in [5, 5.41) is 3.50. The molecule has 0 bridgehead atoms. The third-order valence-corrected chi connectivity index (χ3v) is 5.18. The van der Waals surface area contributed by atoms with Gasteiger partial charge in [0.15, 0.2) is 0 Å². The van der Waals surface area contributed by atoms with Gasteiger partial charge in [-0.25, -0.2) is 4.98 Å². The Kier molecular flexibility index (Phi) is 6.07. The minimum atomic E-state index is 0.0903. The Morgan fingerprint density at radius 3 is 2.79 bits per heavy atom. The van der Waals surface area contributed by atoms with Crippen molar-refractivity contribution in [1.29, 1.82) is 0 Å². The number of pyridine rings is 1. The monoisotopic (exact) mass is 331 g/mol. The molecule has 0 spiro atoms. The molecule has 1 N–H and O–H groups in total. The molecule has 5 heteroatoms. The molecule has 1 aliphatic carbocycles. The number of ether oxygens (including phenoxy) is 1. The number of rotatable bonds is 5. The SMILES string of the molecule is COC[C@@H]1CCCN(C(=O)c2ccc(NC3CCCCC3)nc2)C1. The highest BCUT2D eigenvalue weighted by Crippen LogP contribution is 2.22. The first kappa shape index (κ1) is 17.2. The van der Waals surface area contributed by atoms with E-state index < -0.39 is 0 Å². The number of hydrogen-bond acceptors (Lipinski definition) is 4. The number of hydrogen-bond donors (Lipinski definition) is 1. The van der Waals surface area contributed by atoms with Crippen molar-refractivity contribution in [2.75, 3.05) is 32.1 Å². The van der Waals surface area contributed by atoms with Gasteiger partial charge in [0.25, 0.3) is 5.91 Å². The Morgan fingerprint density at radius 2 is 2.08 bits per heavy atom. The van der Waals surface area contributed by atoms with E-state index in [1.54, 1.807) is 13.3 Å². The fourth-order valence-electron chi connectivity index (χ4n) is 3.87. The summed E-state index contributed by atoms with van der Waals surface area (Å²) >= 11 is 0. The lowest BCUT2D eigenvalue weighted by molar-refractivity contribution is 0.0570. The molecule has 5 nitrogen and oxygen atoms in total. The second-order valence-corrected chi connectivity index (χ2v) is 7.13.